The predicted molar refractivity (Wildman–Crippen MR) is 120 cm³/mol. The van der Waals surface area contributed by atoms with Gasteiger partial charge in [0.1, 0.15) is 0 Å². The van der Waals surface area contributed by atoms with Crippen molar-refractivity contribution in [2.45, 2.75) is 89.1 Å². The normalized spacial score (nSPS) is 20.5. The maximum atomic E-state index is 13.5. The fourth-order valence-corrected chi connectivity index (χ4v) is 7.16. The van der Waals surface area contributed by atoms with Gasteiger partial charge in [0, 0.05) is 25.2 Å². The van der Waals surface area contributed by atoms with Crippen LogP contribution in [0.1, 0.15) is 68.1 Å². The topological polar surface area (TPSA) is 95.6 Å². The smallest absolute Gasteiger partial charge is 0.309 e. The molecule has 1 saturated heterocycles. The number of rotatable bonds is 6. The Morgan fingerprint density at radius 2 is 1.58 bits per heavy atom. The third-order valence-electron chi connectivity index (χ3n) is 6.40. The summed E-state index contributed by atoms with van der Waals surface area (Å²) >= 11 is 0. The van der Waals surface area contributed by atoms with Gasteiger partial charge in [-0.25, -0.2) is 8.42 Å². The van der Waals surface area contributed by atoms with Crippen molar-refractivity contribution in [3.63, 3.8) is 0 Å². The van der Waals surface area contributed by atoms with Crippen molar-refractivity contribution in [3.05, 3.63) is 28.8 Å². The fourth-order valence-electron chi connectivity index (χ4n) is 5.02. The van der Waals surface area contributed by atoms with Gasteiger partial charge >= 0.3 is 11.8 Å². The van der Waals surface area contributed by atoms with E-state index in [4.69, 9.17) is 0 Å². The lowest BCUT2D eigenvalue weighted by Gasteiger charge is -2.35. The first kappa shape index (κ1) is 23.7. The van der Waals surface area contributed by atoms with Crippen molar-refractivity contribution in [2.24, 2.45) is 0 Å². The molecular weight excluding hydrogens is 414 g/mol. The van der Waals surface area contributed by atoms with Gasteiger partial charge in [-0.05, 0) is 64.0 Å². The Morgan fingerprint density at radius 3 is 2.23 bits per heavy atom. The number of benzene rings is 1. The highest BCUT2D eigenvalue weighted by Gasteiger charge is 2.35. The van der Waals surface area contributed by atoms with E-state index in [1.165, 1.54) is 0 Å². The lowest BCUT2D eigenvalue weighted by molar-refractivity contribution is -0.139. The fraction of sp³-hybridized carbons (Fsp3) is 0.652. The minimum atomic E-state index is -3.63. The highest BCUT2D eigenvalue weighted by Crippen LogP contribution is 2.31. The highest BCUT2D eigenvalue weighted by molar-refractivity contribution is 7.89. The van der Waals surface area contributed by atoms with E-state index in [-0.39, 0.29) is 18.6 Å². The Hall–Kier alpha value is -1.93. The van der Waals surface area contributed by atoms with E-state index in [9.17, 15) is 18.0 Å². The SMILES string of the molecule is Cc1cc(C)c(S(=O)(=O)N2CCCC[C@H]2CCNC(=O)C(=O)NC2CCCC2)c(C)c1. The molecule has 0 aromatic heterocycles. The zero-order valence-electron chi connectivity index (χ0n) is 18.9. The van der Waals surface area contributed by atoms with Crippen molar-refractivity contribution in [1.29, 1.82) is 0 Å². The summed E-state index contributed by atoms with van der Waals surface area (Å²) < 4.78 is 28.7. The molecule has 1 aromatic rings. The first-order valence-corrected chi connectivity index (χ1v) is 12.8. The third-order valence-corrected chi connectivity index (χ3v) is 8.66. The van der Waals surface area contributed by atoms with Crippen LogP contribution in [0.2, 0.25) is 0 Å². The van der Waals surface area contributed by atoms with E-state index >= 15 is 0 Å². The first-order chi connectivity index (χ1) is 14.7. The molecule has 0 bridgehead atoms. The van der Waals surface area contributed by atoms with Crippen LogP contribution in [0.5, 0.6) is 0 Å². The van der Waals surface area contributed by atoms with Crippen LogP contribution in [0.4, 0.5) is 0 Å². The minimum Gasteiger partial charge on any atom is -0.348 e. The molecule has 1 aromatic carbocycles. The van der Waals surface area contributed by atoms with E-state index in [1.807, 2.05) is 32.9 Å². The molecule has 0 unspecified atom stereocenters. The molecular formula is C23H35N3O4S. The number of carbonyl (C=O) groups excluding carboxylic acids is 2. The Kier molecular flexibility index (Phi) is 7.75. The van der Waals surface area contributed by atoms with E-state index in [0.717, 1.165) is 61.6 Å². The molecule has 3 rings (SSSR count). The first-order valence-electron chi connectivity index (χ1n) is 11.4. The van der Waals surface area contributed by atoms with Crippen LogP contribution in [0.25, 0.3) is 0 Å². The van der Waals surface area contributed by atoms with E-state index in [1.54, 1.807) is 4.31 Å². The number of amides is 2. The molecule has 2 N–H and O–H groups in total. The largest absolute Gasteiger partial charge is 0.348 e. The van der Waals surface area contributed by atoms with Crippen LogP contribution in [-0.2, 0) is 19.6 Å². The summed E-state index contributed by atoms with van der Waals surface area (Å²) in [7, 11) is -3.63. The Balaban J connectivity index is 1.63. The monoisotopic (exact) mass is 449 g/mol. The molecule has 2 amide bonds. The second kappa shape index (κ2) is 10.1. The number of nitrogens with zero attached hydrogens (tertiary/aromatic N) is 1. The van der Waals surface area contributed by atoms with Crippen LogP contribution < -0.4 is 10.6 Å². The van der Waals surface area contributed by atoms with Crippen molar-refractivity contribution in [1.82, 2.24) is 14.9 Å². The summed E-state index contributed by atoms with van der Waals surface area (Å²) in [6.45, 7) is 6.41. The molecule has 31 heavy (non-hydrogen) atoms. The molecule has 1 saturated carbocycles. The molecule has 2 fully saturated rings. The molecule has 1 aliphatic heterocycles. The maximum absolute atomic E-state index is 13.5. The summed E-state index contributed by atoms with van der Waals surface area (Å²) in [4.78, 5) is 24.6. The molecule has 0 radical (unpaired) electrons. The lowest BCUT2D eigenvalue weighted by Crippen LogP contribution is -2.47. The number of aryl methyl sites for hydroxylation is 3. The van der Waals surface area contributed by atoms with Gasteiger partial charge in [-0.2, -0.15) is 4.31 Å². The predicted octanol–water partition coefficient (Wildman–Crippen LogP) is 2.72. The molecule has 1 atom stereocenters. The summed E-state index contributed by atoms with van der Waals surface area (Å²) in [5.74, 6) is -1.23. The van der Waals surface area contributed by atoms with E-state index in [2.05, 4.69) is 10.6 Å². The van der Waals surface area contributed by atoms with Gasteiger partial charge in [0.25, 0.3) is 0 Å². The lowest BCUT2D eigenvalue weighted by atomic mass is 10.0. The van der Waals surface area contributed by atoms with Gasteiger partial charge in [-0.3, -0.25) is 9.59 Å². The highest BCUT2D eigenvalue weighted by atomic mass is 32.2. The molecule has 8 heteroatoms. The number of hydrogen-bond donors (Lipinski definition) is 2. The van der Waals surface area contributed by atoms with E-state index in [0.29, 0.717) is 17.9 Å². The third kappa shape index (κ3) is 5.66. The van der Waals surface area contributed by atoms with E-state index < -0.39 is 21.8 Å². The molecule has 7 nitrogen and oxygen atoms in total. The zero-order chi connectivity index (χ0) is 22.6. The molecule has 1 aliphatic carbocycles. The Morgan fingerprint density at radius 1 is 0.968 bits per heavy atom. The zero-order valence-corrected chi connectivity index (χ0v) is 19.7. The van der Waals surface area contributed by atoms with Crippen LogP contribution in [-0.4, -0.2) is 49.7 Å². The second-order valence-corrected chi connectivity index (χ2v) is 10.8. The van der Waals surface area contributed by atoms with Crippen molar-refractivity contribution >= 4 is 21.8 Å². The maximum Gasteiger partial charge on any atom is 0.309 e. The van der Waals surface area contributed by atoms with Gasteiger partial charge in [-0.1, -0.05) is 37.0 Å². The van der Waals surface area contributed by atoms with Crippen LogP contribution in [0, 0.1) is 20.8 Å². The molecule has 172 valence electrons. The van der Waals surface area contributed by atoms with Crippen molar-refractivity contribution < 1.29 is 18.0 Å². The number of hydrogen-bond acceptors (Lipinski definition) is 4. The van der Waals surface area contributed by atoms with Crippen LogP contribution in [0.15, 0.2) is 17.0 Å². The van der Waals surface area contributed by atoms with Gasteiger partial charge < -0.3 is 10.6 Å². The average Bonchev–Trinajstić information content (AvgIpc) is 3.20. The molecule has 2 aliphatic rings. The van der Waals surface area contributed by atoms with Gasteiger partial charge in [-0.15, -0.1) is 0 Å². The average molecular weight is 450 g/mol. The van der Waals surface area contributed by atoms with Crippen LogP contribution >= 0.6 is 0 Å². The number of sulfonamides is 1. The Bertz CT molecular complexity index is 900. The van der Waals surface area contributed by atoms with Crippen LogP contribution in [0.3, 0.4) is 0 Å². The van der Waals surface area contributed by atoms with Crippen molar-refractivity contribution in [3.8, 4) is 0 Å². The summed E-state index contributed by atoms with van der Waals surface area (Å²) in [6, 6.07) is 3.72. The molecule has 0 spiro atoms. The summed E-state index contributed by atoms with van der Waals surface area (Å²) in [6.07, 6.45) is 7.04. The molecule has 1 heterocycles. The van der Waals surface area contributed by atoms with Crippen molar-refractivity contribution in [2.75, 3.05) is 13.1 Å². The number of nitrogens with one attached hydrogen (secondary N) is 2. The summed E-state index contributed by atoms with van der Waals surface area (Å²) in [5, 5.41) is 5.45. The minimum absolute atomic E-state index is 0.0956. The Labute approximate surface area is 186 Å². The van der Waals surface area contributed by atoms with Gasteiger partial charge in [0.15, 0.2) is 0 Å². The number of piperidine rings is 1. The van der Waals surface area contributed by atoms with Gasteiger partial charge in [0.05, 0.1) is 4.90 Å². The second-order valence-electron chi connectivity index (χ2n) is 8.99. The summed E-state index contributed by atoms with van der Waals surface area (Å²) in [5.41, 5.74) is 2.57. The van der Waals surface area contributed by atoms with Gasteiger partial charge in [0.2, 0.25) is 10.0 Å². The quantitative estimate of drug-likeness (QED) is 0.653. The standard InChI is InChI=1S/C23H35N3O4S/c1-16-14-17(2)21(18(3)15-16)31(29,30)26-13-7-6-10-20(26)11-12-24-22(27)23(28)25-19-8-4-5-9-19/h14-15,19-20H,4-13H2,1-3H3,(H,24,27)(H,25,28)/t20-/m0/s1. The number of carbonyl (C=O) groups is 2.